The number of hydrogen-bond donors (Lipinski definition) is 0. The van der Waals surface area contributed by atoms with Gasteiger partial charge in [0.05, 0.1) is 17.5 Å². The molecule has 0 spiro atoms. The van der Waals surface area contributed by atoms with E-state index in [1.807, 2.05) is 42.5 Å². The van der Waals surface area contributed by atoms with Crippen molar-refractivity contribution in [3.05, 3.63) is 54.6 Å². The highest BCUT2D eigenvalue weighted by atomic mass is 16.2. The number of allylic oxidation sites excluding steroid dienone is 2. The van der Waals surface area contributed by atoms with Crippen LogP contribution in [0.25, 0.3) is 10.8 Å². The third kappa shape index (κ3) is 1.40. The van der Waals surface area contributed by atoms with Gasteiger partial charge in [-0.05, 0) is 41.5 Å². The van der Waals surface area contributed by atoms with E-state index in [1.54, 1.807) is 0 Å². The van der Waals surface area contributed by atoms with Gasteiger partial charge in [-0.15, -0.1) is 0 Å². The standard InChI is InChI=1S/C21H17NO2/c23-20-18-13-8-9-14(16-10-15(13)16)19(18)21(24)22(20)17-7-3-5-11-4-1-2-6-12(11)17/h1-9,13-16,18-19H,10H2/t13-,14-,15-,16-,18+,19+/m1/s1. The second-order valence-corrected chi connectivity index (χ2v) is 7.66. The SMILES string of the molecule is O=C1[C@H]2[C@@H]3C=C[C@H]([C@H]4C[C@H]34)[C@@H]2C(=O)N1c1cccc2ccccc12. The Morgan fingerprint density at radius 2 is 1.42 bits per heavy atom. The highest BCUT2D eigenvalue weighted by molar-refractivity contribution is 6.25. The minimum Gasteiger partial charge on any atom is -0.274 e. The fourth-order valence-electron chi connectivity index (χ4n) is 5.60. The van der Waals surface area contributed by atoms with Gasteiger partial charge in [0.15, 0.2) is 0 Å². The smallest absolute Gasteiger partial charge is 0.238 e. The molecule has 118 valence electrons. The lowest BCUT2D eigenvalue weighted by atomic mass is 9.63. The van der Waals surface area contributed by atoms with Crippen LogP contribution >= 0.6 is 0 Å². The first-order valence-corrected chi connectivity index (χ1v) is 8.79. The molecule has 2 aromatic carbocycles. The van der Waals surface area contributed by atoms with Crippen molar-refractivity contribution in [2.45, 2.75) is 6.42 Å². The molecule has 1 saturated heterocycles. The molecule has 5 aliphatic rings. The lowest BCUT2D eigenvalue weighted by molar-refractivity contribution is -0.124. The van der Waals surface area contributed by atoms with Gasteiger partial charge in [0.25, 0.3) is 0 Å². The Kier molecular flexibility index (Phi) is 2.24. The molecule has 2 aromatic rings. The summed E-state index contributed by atoms with van der Waals surface area (Å²) < 4.78 is 0. The fraction of sp³-hybridized carbons (Fsp3) is 0.333. The van der Waals surface area contributed by atoms with Crippen LogP contribution in [0.2, 0.25) is 0 Å². The van der Waals surface area contributed by atoms with Gasteiger partial charge in [0.1, 0.15) is 0 Å². The van der Waals surface area contributed by atoms with Gasteiger partial charge in [-0.3, -0.25) is 9.59 Å². The Hall–Kier alpha value is -2.42. The van der Waals surface area contributed by atoms with E-state index in [4.69, 9.17) is 0 Å². The fourth-order valence-corrected chi connectivity index (χ4v) is 5.60. The largest absolute Gasteiger partial charge is 0.274 e. The molecule has 0 radical (unpaired) electrons. The van der Waals surface area contributed by atoms with Crippen LogP contribution in [0.4, 0.5) is 5.69 Å². The Morgan fingerprint density at radius 3 is 2.12 bits per heavy atom. The van der Waals surface area contributed by atoms with Crippen molar-refractivity contribution in [3.8, 4) is 0 Å². The maximum Gasteiger partial charge on any atom is 0.238 e. The molecule has 2 bridgehead atoms. The lowest BCUT2D eigenvalue weighted by Crippen LogP contribution is -2.40. The predicted octanol–water partition coefficient (Wildman–Crippen LogP) is 3.40. The number of rotatable bonds is 1. The summed E-state index contributed by atoms with van der Waals surface area (Å²) in [6.07, 6.45) is 5.64. The molecule has 4 aliphatic carbocycles. The number of imide groups is 1. The lowest BCUT2D eigenvalue weighted by Gasteiger charge is -2.37. The highest BCUT2D eigenvalue weighted by Gasteiger charge is 2.67. The summed E-state index contributed by atoms with van der Waals surface area (Å²) in [7, 11) is 0. The monoisotopic (exact) mass is 315 g/mol. The normalized spacial score (nSPS) is 38.6. The maximum absolute atomic E-state index is 13.2. The zero-order chi connectivity index (χ0) is 16.0. The third-order valence-electron chi connectivity index (χ3n) is 6.67. The van der Waals surface area contributed by atoms with Crippen LogP contribution in [0, 0.1) is 35.5 Å². The summed E-state index contributed by atoms with van der Waals surface area (Å²) in [6.45, 7) is 0. The quantitative estimate of drug-likeness (QED) is 0.597. The zero-order valence-corrected chi connectivity index (χ0v) is 13.1. The average molecular weight is 315 g/mol. The van der Waals surface area contributed by atoms with Gasteiger partial charge in [0, 0.05) is 5.39 Å². The van der Waals surface area contributed by atoms with Gasteiger partial charge >= 0.3 is 0 Å². The van der Waals surface area contributed by atoms with E-state index in [0.29, 0.717) is 11.8 Å². The van der Waals surface area contributed by atoms with Crippen LogP contribution in [0.15, 0.2) is 54.6 Å². The first-order chi connectivity index (χ1) is 11.8. The second kappa shape index (κ2) is 4.15. The van der Waals surface area contributed by atoms with Crippen molar-refractivity contribution in [2.24, 2.45) is 35.5 Å². The first-order valence-electron chi connectivity index (χ1n) is 8.79. The van der Waals surface area contributed by atoms with Crippen molar-refractivity contribution >= 4 is 28.3 Å². The molecule has 0 aromatic heterocycles. The number of carbonyl (C=O) groups excluding carboxylic acids is 2. The molecule has 3 heteroatoms. The van der Waals surface area contributed by atoms with Crippen LogP contribution in [0.1, 0.15) is 6.42 Å². The van der Waals surface area contributed by atoms with E-state index in [-0.39, 0.29) is 35.5 Å². The number of anilines is 1. The van der Waals surface area contributed by atoms with Crippen LogP contribution in [0.3, 0.4) is 0 Å². The van der Waals surface area contributed by atoms with Crippen molar-refractivity contribution in [3.63, 3.8) is 0 Å². The molecule has 2 amide bonds. The van der Waals surface area contributed by atoms with Gasteiger partial charge < -0.3 is 0 Å². The number of carbonyl (C=O) groups is 2. The number of benzene rings is 2. The molecule has 3 fully saturated rings. The summed E-state index contributed by atoms with van der Waals surface area (Å²) in [4.78, 5) is 27.9. The number of fused-ring (bicyclic) bond motifs is 1. The Morgan fingerprint density at radius 1 is 0.792 bits per heavy atom. The van der Waals surface area contributed by atoms with Crippen LogP contribution < -0.4 is 4.90 Å². The molecule has 0 N–H and O–H groups in total. The van der Waals surface area contributed by atoms with Gasteiger partial charge in [0.2, 0.25) is 11.8 Å². The summed E-state index contributed by atoms with van der Waals surface area (Å²) in [5, 5.41) is 2.04. The topological polar surface area (TPSA) is 37.4 Å². The molecular weight excluding hydrogens is 298 g/mol. The minimum atomic E-state index is -0.129. The molecule has 6 atom stereocenters. The molecule has 24 heavy (non-hydrogen) atoms. The number of hydrogen-bond acceptors (Lipinski definition) is 2. The minimum absolute atomic E-state index is 0.0195. The highest BCUT2D eigenvalue weighted by Crippen LogP contribution is 2.65. The Bertz CT molecular complexity index is 905. The van der Waals surface area contributed by atoms with Crippen LogP contribution in [-0.4, -0.2) is 11.8 Å². The van der Waals surface area contributed by atoms with Gasteiger partial charge in [-0.1, -0.05) is 48.6 Å². The summed E-state index contributed by atoms with van der Waals surface area (Å²) in [6, 6.07) is 13.8. The number of amides is 2. The molecule has 1 aliphatic heterocycles. The van der Waals surface area contributed by atoms with E-state index in [2.05, 4.69) is 12.2 Å². The Balaban J connectivity index is 1.52. The Labute approximate surface area is 139 Å². The third-order valence-corrected chi connectivity index (χ3v) is 6.67. The summed E-state index contributed by atoms with van der Waals surface area (Å²) >= 11 is 0. The van der Waals surface area contributed by atoms with Crippen LogP contribution in [0.5, 0.6) is 0 Å². The van der Waals surface area contributed by atoms with E-state index in [9.17, 15) is 9.59 Å². The van der Waals surface area contributed by atoms with E-state index in [0.717, 1.165) is 16.5 Å². The molecular formula is C21H17NO2. The van der Waals surface area contributed by atoms with Crippen molar-refractivity contribution in [2.75, 3.05) is 4.90 Å². The van der Waals surface area contributed by atoms with Crippen molar-refractivity contribution in [1.82, 2.24) is 0 Å². The zero-order valence-electron chi connectivity index (χ0n) is 13.1. The molecule has 0 unspecified atom stereocenters. The summed E-state index contributed by atoms with van der Waals surface area (Å²) in [5.74, 6) is 1.63. The maximum atomic E-state index is 13.2. The predicted molar refractivity (Wildman–Crippen MR) is 91.1 cm³/mol. The number of nitrogens with zero attached hydrogens (tertiary/aromatic N) is 1. The summed E-state index contributed by atoms with van der Waals surface area (Å²) in [5.41, 5.74) is 0.755. The second-order valence-electron chi connectivity index (χ2n) is 7.66. The molecule has 1 heterocycles. The van der Waals surface area contributed by atoms with Crippen molar-refractivity contribution < 1.29 is 9.59 Å². The molecule has 7 rings (SSSR count). The first kappa shape index (κ1) is 12.9. The molecule has 2 saturated carbocycles. The van der Waals surface area contributed by atoms with E-state index >= 15 is 0 Å². The average Bonchev–Trinajstić information content (AvgIpc) is 3.39. The van der Waals surface area contributed by atoms with Crippen molar-refractivity contribution in [1.29, 1.82) is 0 Å². The van der Waals surface area contributed by atoms with E-state index in [1.165, 1.54) is 11.3 Å². The van der Waals surface area contributed by atoms with Crippen LogP contribution in [-0.2, 0) is 9.59 Å². The van der Waals surface area contributed by atoms with Gasteiger partial charge in [-0.2, -0.15) is 0 Å². The molecule has 3 nitrogen and oxygen atoms in total. The van der Waals surface area contributed by atoms with E-state index < -0.39 is 0 Å². The van der Waals surface area contributed by atoms with Gasteiger partial charge in [-0.25, -0.2) is 4.90 Å².